The number of hydrogen-bond acceptors (Lipinski definition) is 6. The SMILES string of the molecule is COC(=O)[C@@H]1[C@@H](c2ccccc2)[C@]2(c3ccc(C)cc3)Oc3cc(C)cc(C)c3[C@@]23N=C(c2ccc(Br)cc2)N[C@@]13O. The van der Waals surface area contributed by atoms with Gasteiger partial charge < -0.3 is 19.9 Å². The molecule has 2 aliphatic heterocycles. The Bertz CT molecular complexity index is 1750. The molecular formula is C35H31BrN2O4. The third-order valence-electron chi connectivity index (χ3n) is 9.19. The largest absolute Gasteiger partial charge is 0.478 e. The predicted molar refractivity (Wildman–Crippen MR) is 165 cm³/mol. The Hall–Kier alpha value is -3.94. The highest BCUT2D eigenvalue weighted by atomic mass is 79.9. The molecule has 0 bridgehead atoms. The number of methoxy groups -OCH3 is 1. The van der Waals surface area contributed by atoms with Gasteiger partial charge in [-0.15, -0.1) is 0 Å². The van der Waals surface area contributed by atoms with Gasteiger partial charge >= 0.3 is 5.97 Å². The predicted octanol–water partition coefficient (Wildman–Crippen LogP) is 6.18. The van der Waals surface area contributed by atoms with Crippen LogP contribution in [-0.2, 0) is 20.7 Å². The maximum atomic E-state index is 14.0. The summed E-state index contributed by atoms with van der Waals surface area (Å²) in [6.07, 6.45) is 0. The van der Waals surface area contributed by atoms with Crippen molar-refractivity contribution in [3.05, 3.63) is 134 Å². The van der Waals surface area contributed by atoms with Gasteiger partial charge in [0.2, 0.25) is 0 Å². The lowest BCUT2D eigenvalue weighted by Crippen LogP contribution is -2.62. The van der Waals surface area contributed by atoms with Crippen LogP contribution in [0.4, 0.5) is 0 Å². The molecule has 1 saturated carbocycles. The summed E-state index contributed by atoms with van der Waals surface area (Å²) in [6.45, 7) is 6.08. The maximum absolute atomic E-state index is 14.0. The number of fused-ring (bicyclic) bond motifs is 1. The summed E-state index contributed by atoms with van der Waals surface area (Å²) in [5.41, 5.74) is 1.62. The van der Waals surface area contributed by atoms with E-state index < -0.39 is 34.7 Å². The van der Waals surface area contributed by atoms with E-state index in [2.05, 4.69) is 27.3 Å². The van der Waals surface area contributed by atoms with Gasteiger partial charge in [0.15, 0.2) is 16.9 Å². The van der Waals surface area contributed by atoms with Gasteiger partial charge in [-0.1, -0.05) is 94.3 Å². The second kappa shape index (κ2) is 9.28. The summed E-state index contributed by atoms with van der Waals surface area (Å²) in [6, 6.07) is 29.8. The molecule has 1 aliphatic carbocycles. The van der Waals surface area contributed by atoms with E-state index in [0.717, 1.165) is 43.4 Å². The van der Waals surface area contributed by atoms with Crippen molar-refractivity contribution in [1.29, 1.82) is 0 Å². The van der Waals surface area contributed by atoms with Gasteiger partial charge in [0.1, 0.15) is 17.5 Å². The first-order valence-electron chi connectivity index (χ1n) is 14.0. The number of benzene rings is 4. The molecule has 2 heterocycles. The van der Waals surface area contributed by atoms with Gasteiger partial charge in [0, 0.05) is 21.5 Å². The smallest absolute Gasteiger partial charge is 0.314 e. The fourth-order valence-corrected chi connectivity index (χ4v) is 7.92. The van der Waals surface area contributed by atoms with E-state index in [0.29, 0.717) is 11.6 Å². The molecule has 0 aromatic heterocycles. The van der Waals surface area contributed by atoms with Crippen LogP contribution in [0.15, 0.2) is 100 Å². The topological polar surface area (TPSA) is 80.2 Å². The van der Waals surface area contributed by atoms with Crippen molar-refractivity contribution < 1.29 is 19.4 Å². The Labute approximate surface area is 253 Å². The minimum Gasteiger partial charge on any atom is -0.478 e. The molecule has 4 aromatic carbocycles. The summed E-state index contributed by atoms with van der Waals surface area (Å²) in [7, 11) is 1.36. The number of aliphatic imine (C=N–C) groups is 1. The van der Waals surface area contributed by atoms with E-state index in [-0.39, 0.29) is 0 Å². The first kappa shape index (κ1) is 26.9. The molecular weight excluding hydrogens is 592 g/mol. The lowest BCUT2D eigenvalue weighted by Gasteiger charge is -2.42. The van der Waals surface area contributed by atoms with Crippen LogP contribution >= 0.6 is 15.9 Å². The number of aryl methyl sites for hydroxylation is 3. The Morgan fingerprint density at radius 1 is 0.952 bits per heavy atom. The van der Waals surface area contributed by atoms with Crippen LogP contribution in [0.25, 0.3) is 0 Å². The molecule has 0 saturated heterocycles. The van der Waals surface area contributed by atoms with E-state index >= 15 is 0 Å². The quantitative estimate of drug-likeness (QED) is 0.266. The zero-order valence-electron chi connectivity index (χ0n) is 23.8. The highest BCUT2D eigenvalue weighted by Crippen LogP contribution is 2.74. The Kier molecular flexibility index (Phi) is 5.95. The summed E-state index contributed by atoms with van der Waals surface area (Å²) < 4.78 is 13.6. The standard InChI is InChI=1S/C35H31BrN2O4/c1-20-10-14-25(15-11-20)33-29(23-8-6-5-7-9-23)30(32(39)41-4)35(40)34(33,28-22(3)18-21(2)19-27(28)42-33)37-31(38-35)24-12-16-26(36)17-13-24/h5-19,29-30,40H,1-4H3,(H,37,38)/t29-,30+,33+,34-,35-/m1/s1. The first-order chi connectivity index (χ1) is 20.2. The molecule has 0 radical (unpaired) electrons. The van der Waals surface area contributed by atoms with E-state index in [9.17, 15) is 9.90 Å². The zero-order chi connectivity index (χ0) is 29.4. The number of nitrogens with one attached hydrogen (secondary N) is 1. The second-order valence-corrected chi connectivity index (χ2v) is 12.5. The molecule has 42 heavy (non-hydrogen) atoms. The van der Waals surface area contributed by atoms with Gasteiger partial charge in [0.05, 0.1) is 7.11 Å². The molecule has 0 amide bonds. The van der Waals surface area contributed by atoms with Gasteiger partial charge in [0.25, 0.3) is 0 Å². The number of aliphatic hydroxyl groups is 1. The van der Waals surface area contributed by atoms with E-state index in [1.165, 1.54) is 7.11 Å². The van der Waals surface area contributed by atoms with Crippen molar-refractivity contribution in [1.82, 2.24) is 5.32 Å². The zero-order valence-corrected chi connectivity index (χ0v) is 25.4. The van der Waals surface area contributed by atoms with Gasteiger partial charge in [-0.2, -0.15) is 0 Å². The number of amidine groups is 1. The van der Waals surface area contributed by atoms with Gasteiger partial charge in [-0.3, -0.25) is 4.79 Å². The van der Waals surface area contributed by atoms with E-state index in [1.807, 2.05) is 106 Å². The highest BCUT2D eigenvalue weighted by molar-refractivity contribution is 9.10. The van der Waals surface area contributed by atoms with Gasteiger partial charge in [-0.05, 0) is 61.2 Å². The second-order valence-electron chi connectivity index (χ2n) is 11.6. The lowest BCUT2D eigenvalue weighted by molar-refractivity contribution is -0.158. The summed E-state index contributed by atoms with van der Waals surface area (Å²) in [5, 5.41) is 16.7. The van der Waals surface area contributed by atoms with E-state index in [4.69, 9.17) is 14.5 Å². The van der Waals surface area contributed by atoms with Crippen LogP contribution in [0.1, 0.15) is 44.9 Å². The lowest BCUT2D eigenvalue weighted by atomic mass is 9.68. The normalized spacial score (nSPS) is 28.7. The molecule has 7 rings (SSSR count). The minimum atomic E-state index is -1.90. The molecule has 2 N–H and O–H groups in total. The molecule has 1 fully saturated rings. The molecule has 6 nitrogen and oxygen atoms in total. The number of carbonyl (C=O) groups is 1. The van der Waals surface area contributed by atoms with Crippen LogP contribution < -0.4 is 10.1 Å². The van der Waals surface area contributed by atoms with Crippen LogP contribution in [0.5, 0.6) is 5.75 Å². The van der Waals surface area contributed by atoms with Crippen molar-refractivity contribution in [3.63, 3.8) is 0 Å². The van der Waals surface area contributed by atoms with E-state index in [1.54, 1.807) is 0 Å². The third-order valence-corrected chi connectivity index (χ3v) is 9.72. The number of halogens is 1. The number of rotatable bonds is 4. The van der Waals surface area contributed by atoms with Crippen LogP contribution in [0, 0.1) is 26.7 Å². The Morgan fingerprint density at radius 2 is 1.64 bits per heavy atom. The number of nitrogens with zero attached hydrogens (tertiary/aromatic N) is 1. The summed E-state index contributed by atoms with van der Waals surface area (Å²) in [4.78, 5) is 19.5. The molecule has 7 heteroatoms. The summed E-state index contributed by atoms with van der Waals surface area (Å²) >= 11 is 3.52. The van der Waals surface area contributed by atoms with Crippen molar-refractivity contribution in [3.8, 4) is 5.75 Å². The molecule has 1 spiro atoms. The van der Waals surface area contributed by atoms with Crippen molar-refractivity contribution in [2.75, 3.05) is 7.11 Å². The number of hydrogen-bond donors (Lipinski definition) is 2. The Morgan fingerprint density at radius 3 is 2.31 bits per heavy atom. The van der Waals surface area contributed by atoms with Crippen LogP contribution in [-0.4, -0.2) is 29.7 Å². The average Bonchev–Trinajstić information content (AvgIpc) is 3.51. The molecule has 0 unspecified atom stereocenters. The minimum absolute atomic E-state index is 0.485. The van der Waals surface area contributed by atoms with Crippen molar-refractivity contribution in [2.24, 2.45) is 10.9 Å². The fraction of sp³-hybridized carbons (Fsp3) is 0.257. The molecule has 3 aliphatic rings. The fourth-order valence-electron chi connectivity index (χ4n) is 7.65. The first-order valence-corrected chi connectivity index (χ1v) is 14.8. The maximum Gasteiger partial charge on any atom is 0.314 e. The Balaban J connectivity index is 1.65. The van der Waals surface area contributed by atoms with Crippen molar-refractivity contribution >= 4 is 27.7 Å². The average molecular weight is 624 g/mol. The van der Waals surface area contributed by atoms with Gasteiger partial charge in [-0.25, -0.2) is 4.99 Å². The number of carbonyl (C=O) groups excluding carboxylic acids is 1. The highest BCUT2D eigenvalue weighted by Gasteiger charge is 2.86. The number of esters is 1. The van der Waals surface area contributed by atoms with Crippen molar-refractivity contribution in [2.45, 2.75) is 43.6 Å². The molecule has 4 aromatic rings. The summed E-state index contributed by atoms with van der Waals surface area (Å²) in [5.74, 6) is -1.14. The van der Waals surface area contributed by atoms with Crippen LogP contribution in [0.2, 0.25) is 0 Å². The van der Waals surface area contributed by atoms with Crippen LogP contribution in [0.3, 0.4) is 0 Å². The monoisotopic (exact) mass is 622 g/mol. The molecule has 212 valence electrons. The molecule has 5 atom stereocenters. The third kappa shape index (κ3) is 3.35. The number of ether oxygens (including phenoxy) is 2.